The normalized spacial score (nSPS) is 11.8. The number of hydrogen-bond acceptors (Lipinski definition) is 6. The Bertz CT molecular complexity index is 616. The Hall–Kier alpha value is -2.28. The summed E-state index contributed by atoms with van der Waals surface area (Å²) in [5, 5.41) is 0. The molecule has 0 radical (unpaired) electrons. The quantitative estimate of drug-likeness (QED) is 0.433. The highest BCUT2D eigenvalue weighted by Crippen LogP contribution is 2.28. The predicted octanol–water partition coefficient (Wildman–Crippen LogP) is 2.77. The molecule has 0 saturated heterocycles. The van der Waals surface area contributed by atoms with Crippen LogP contribution in [-0.4, -0.2) is 63.9 Å². The van der Waals surface area contributed by atoms with Crippen molar-refractivity contribution in [1.29, 1.82) is 0 Å². The van der Waals surface area contributed by atoms with E-state index in [1.807, 2.05) is 13.8 Å². The topological polar surface area (TPSA) is 74.3 Å². The number of hydrogen-bond donors (Lipinski definition) is 0. The van der Waals surface area contributed by atoms with Crippen molar-refractivity contribution in [2.45, 2.75) is 33.3 Å². The largest absolute Gasteiger partial charge is 0.493 e. The van der Waals surface area contributed by atoms with Gasteiger partial charge in [0.1, 0.15) is 0 Å². The maximum atomic E-state index is 13.0. The first-order chi connectivity index (χ1) is 12.8. The van der Waals surface area contributed by atoms with Gasteiger partial charge in [0.25, 0.3) is 5.91 Å². The van der Waals surface area contributed by atoms with Gasteiger partial charge in [0.05, 0.1) is 33.4 Å². The van der Waals surface area contributed by atoms with Crippen molar-refractivity contribution in [2.75, 3.05) is 41.0 Å². The predicted molar refractivity (Wildman–Crippen MR) is 102 cm³/mol. The first-order valence-electron chi connectivity index (χ1n) is 9.04. The van der Waals surface area contributed by atoms with Crippen molar-refractivity contribution in [3.05, 3.63) is 23.8 Å². The Morgan fingerprint density at radius 2 is 1.70 bits per heavy atom. The van der Waals surface area contributed by atoms with Crippen LogP contribution >= 0.6 is 0 Å². The molecule has 1 aromatic rings. The summed E-state index contributed by atoms with van der Waals surface area (Å²) >= 11 is 0. The fourth-order valence-corrected chi connectivity index (χ4v) is 2.61. The molecule has 7 nitrogen and oxygen atoms in total. The van der Waals surface area contributed by atoms with Crippen LogP contribution in [0.15, 0.2) is 18.2 Å². The number of benzene rings is 1. The van der Waals surface area contributed by atoms with Gasteiger partial charge in [-0.15, -0.1) is 0 Å². The van der Waals surface area contributed by atoms with E-state index in [9.17, 15) is 9.59 Å². The lowest BCUT2D eigenvalue weighted by Crippen LogP contribution is -2.38. The Labute approximate surface area is 161 Å². The van der Waals surface area contributed by atoms with Gasteiger partial charge in [0, 0.05) is 25.3 Å². The Balaban J connectivity index is 2.94. The Morgan fingerprint density at radius 3 is 2.26 bits per heavy atom. The monoisotopic (exact) mass is 381 g/mol. The van der Waals surface area contributed by atoms with Crippen LogP contribution in [0, 0.1) is 5.92 Å². The molecule has 0 bridgehead atoms. The summed E-state index contributed by atoms with van der Waals surface area (Å²) in [5.74, 6) is 0.0706. The number of rotatable bonds is 11. The lowest BCUT2D eigenvalue weighted by molar-refractivity contribution is -0.145. The number of esters is 1. The molecule has 0 aliphatic carbocycles. The van der Waals surface area contributed by atoms with Gasteiger partial charge in [-0.2, -0.15) is 0 Å². The summed E-state index contributed by atoms with van der Waals surface area (Å²) in [6.07, 6.45) is 0.805. The van der Waals surface area contributed by atoms with E-state index in [0.29, 0.717) is 36.6 Å². The van der Waals surface area contributed by atoms with Gasteiger partial charge >= 0.3 is 5.97 Å². The fourth-order valence-electron chi connectivity index (χ4n) is 2.61. The second kappa shape index (κ2) is 11.4. The fraction of sp³-hybridized carbons (Fsp3) is 0.600. The van der Waals surface area contributed by atoms with Crippen molar-refractivity contribution in [3.8, 4) is 11.5 Å². The number of carbonyl (C=O) groups is 2. The number of methoxy groups -OCH3 is 3. The minimum atomic E-state index is -0.426. The minimum Gasteiger partial charge on any atom is -0.493 e. The highest BCUT2D eigenvalue weighted by Gasteiger charge is 2.23. The summed E-state index contributed by atoms with van der Waals surface area (Å²) in [4.78, 5) is 26.5. The molecular formula is C20H31NO6. The third-order valence-electron chi connectivity index (χ3n) is 4.04. The molecule has 0 fully saturated rings. The lowest BCUT2D eigenvalue weighted by Gasteiger charge is -2.25. The number of ether oxygens (including phenoxy) is 4. The zero-order valence-corrected chi connectivity index (χ0v) is 17.1. The van der Waals surface area contributed by atoms with Crippen LogP contribution in [0.3, 0.4) is 0 Å². The molecule has 0 spiro atoms. The van der Waals surface area contributed by atoms with Crippen LogP contribution in [0.2, 0.25) is 0 Å². The summed E-state index contributed by atoms with van der Waals surface area (Å²) in [5.41, 5.74) is 0.467. The molecule has 0 aromatic heterocycles. The van der Waals surface area contributed by atoms with Crippen molar-refractivity contribution >= 4 is 11.9 Å². The smallest absolute Gasteiger partial charge is 0.310 e. The average molecular weight is 381 g/mol. The average Bonchev–Trinajstić information content (AvgIpc) is 2.67. The third kappa shape index (κ3) is 7.09. The van der Waals surface area contributed by atoms with Gasteiger partial charge in [0.15, 0.2) is 11.5 Å². The lowest BCUT2D eigenvalue weighted by atomic mass is 10.1. The molecule has 152 valence electrons. The molecule has 0 saturated carbocycles. The zero-order valence-electron chi connectivity index (χ0n) is 17.1. The molecule has 0 aliphatic rings. The second-order valence-electron chi connectivity index (χ2n) is 6.52. The minimum absolute atomic E-state index is 0.133. The summed E-state index contributed by atoms with van der Waals surface area (Å²) in [7, 11) is 4.40. The van der Waals surface area contributed by atoms with E-state index < -0.39 is 5.92 Å². The highest BCUT2D eigenvalue weighted by atomic mass is 16.5. The zero-order chi connectivity index (χ0) is 20.4. The molecule has 1 atom stereocenters. The summed E-state index contributed by atoms with van der Waals surface area (Å²) in [6.45, 7) is 6.95. The van der Waals surface area contributed by atoms with E-state index in [0.717, 1.165) is 0 Å². The van der Waals surface area contributed by atoms with E-state index in [1.165, 1.54) is 14.2 Å². The molecule has 0 aliphatic heterocycles. The molecule has 0 heterocycles. The van der Waals surface area contributed by atoms with Crippen molar-refractivity contribution in [2.24, 2.45) is 5.92 Å². The van der Waals surface area contributed by atoms with Crippen LogP contribution in [0.4, 0.5) is 0 Å². The maximum Gasteiger partial charge on any atom is 0.310 e. The molecular weight excluding hydrogens is 350 g/mol. The van der Waals surface area contributed by atoms with Crippen molar-refractivity contribution < 1.29 is 28.5 Å². The highest BCUT2D eigenvalue weighted by molar-refractivity contribution is 5.95. The molecule has 0 N–H and O–H groups in total. The van der Waals surface area contributed by atoms with Crippen LogP contribution in [0.25, 0.3) is 0 Å². The van der Waals surface area contributed by atoms with E-state index in [-0.39, 0.29) is 24.5 Å². The van der Waals surface area contributed by atoms with Gasteiger partial charge in [0.2, 0.25) is 0 Å². The first-order valence-corrected chi connectivity index (χ1v) is 9.04. The molecule has 27 heavy (non-hydrogen) atoms. The molecule has 1 rings (SSSR count). The second-order valence-corrected chi connectivity index (χ2v) is 6.52. The molecule has 7 heteroatoms. The van der Waals surface area contributed by atoms with Gasteiger partial charge in [-0.3, -0.25) is 9.59 Å². The molecule has 1 amide bonds. The SMILES string of the molecule is COC(=O)C(C)CN(CCCOC(C)C)C(=O)c1ccc(OC)c(OC)c1. The number of nitrogens with zero attached hydrogens (tertiary/aromatic N) is 1. The third-order valence-corrected chi connectivity index (χ3v) is 4.04. The van der Waals surface area contributed by atoms with Crippen molar-refractivity contribution in [1.82, 2.24) is 4.90 Å². The maximum absolute atomic E-state index is 13.0. The Morgan fingerprint density at radius 1 is 1.04 bits per heavy atom. The van der Waals surface area contributed by atoms with Gasteiger partial charge < -0.3 is 23.8 Å². The summed E-state index contributed by atoms with van der Waals surface area (Å²) < 4.78 is 20.8. The van der Waals surface area contributed by atoms with Crippen LogP contribution < -0.4 is 9.47 Å². The molecule has 1 unspecified atom stereocenters. The standard InChI is InChI=1S/C20H31NO6/c1-14(2)27-11-7-10-21(13-15(3)20(23)26-6)19(22)16-8-9-17(24-4)18(12-16)25-5/h8-9,12,14-15H,7,10-11,13H2,1-6H3. The van der Waals surface area contributed by atoms with Crippen LogP contribution in [0.1, 0.15) is 37.6 Å². The van der Waals surface area contributed by atoms with E-state index in [4.69, 9.17) is 18.9 Å². The van der Waals surface area contributed by atoms with E-state index in [2.05, 4.69) is 0 Å². The van der Waals surface area contributed by atoms with Crippen molar-refractivity contribution in [3.63, 3.8) is 0 Å². The Kier molecular flexibility index (Phi) is 9.64. The van der Waals surface area contributed by atoms with Crippen LogP contribution in [0.5, 0.6) is 11.5 Å². The van der Waals surface area contributed by atoms with E-state index >= 15 is 0 Å². The van der Waals surface area contributed by atoms with Gasteiger partial charge in [-0.05, 0) is 38.5 Å². The first kappa shape index (κ1) is 22.8. The number of amides is 1. The van der Waals surface area contributed by atoms with Gasteiger partial charge in [-0.25, -0.2) is 0 Å². The summed E-state index contributed by atoms with van der Waals surface area (Å²) in [6, 6.07) is 5.02. The van der Waals surface area contributed by atoms with Gasteiger partial charge in [-0.1, -0.05) is 6.92 Å². The molecule has 1 aromatic carbocycles. The van der Waals surface area contributed by atoms with Crippen LogP contribution in [-0.2, 0) is 14.3 Å². The number of carbonyl (C=O) groups excluding carboxylic acids is 2. The van der Waals surface area contributed by atoms with E-state index in [1.54, 1.807) is 37.1 Å².